The lowest BCUT2D eigenvalue weighted by Gasteiger charge is -2.23. The maximum absolute atomic E-state index is 13.4. The first-order chi connectivity index (χ1) is 15.7. The number of nitrogens with zero attached hydrogens (tertiary/aromatic N) is 3. The lowest BCUT2D eigenvalue weighted by molar-refractivity contribution is 0.0729. The van der Waals surface area contributed by atoms with Crippen LogP contribution in [0.3, 0.4) is 0 Å². The third-order valence-corrected chi connectivity index (χ3v) is 5.69. The number of benzene rings is 3. The zero-order valence-electron chi connectivity index (χ0n) is 18.0. The first-order valence-electron chi connectivity index (χ1n) is 10.9. The zero-order valence-corrected chi connectivity index (χ0v) is 18.0. The number of hydrogen-bond donors (Lipinski definition) is 0. The van der Waals surface area contributed by atoms with Gasteiger partial charge in [-0.25, -0.2) is 4.68 Å². The average Bonchev–Trinajstić information content (AvgIpc) is 3.64. The minimum atomic E-state index is 0.0432. The fourth-order valence-corrected chi connectivity index (χ4v) is 3.92. The summed E-state index contributed by atoms with van der Waals surface area (Å²) in [5.41, 5.74) is 3.46. The molecule has 5 nitrogen and oxygen atoms in total. The highest BCUT2D eigenvalue weighted by atomic mass is 16.5. The molecule has 4 aromatic rings. The van der Waals surface area contributed by atoms with Crippen molar-refractivity contribution in [2.75, 3.05) is 0 Å². The second kappa shape index (κ2) is 8.71. The van der Waals surface area contributed by atoms with E-state index < -0.39 is 0 Å². The number of carbonyl (C=O) groups excluding carboxylic acids is 1. The number of para-hydroxylation sites is 1. The molecule has 0 aliphatic heterocycles. The summed E-state index contributed by atoms with van der Waals surface area (Å²) in [5.74, 6) is 1.44. The van der Waals surface area contributed by atoms with Crippen molar-refractivity contribution in [3.63, 3.8) is 0 Å². The molecule has 1 heterocycles. The predicted octanol–water partition coefficient (Wildman–Crippen LogP) is 5.68. The Bertz CT molecular complexity index is 1200. The van der Waals surface area contributed by atoms with E-state index in [4.69, 9.17) is 9.84 Å². The Morgan fingerprint density at radius 2 is 1.53 bits per heavy atom. The van der Waals surface area contributed by atoms with Crippen LogP contribution in [-0.2, 0) is 13.6 Å². The monoisotopic (exact) mass is 423 g/mol. The maximum atomic E-state index is 13.4. The van der Waals surface area contributed by atoms with Gasteiger partial charge in [-0.3, -0.25) is 4.79 Å². The van der Waals surface area contributed by atoms with Gasteiger partial charge in [0.25, 0.3) is 5.91 Å². The Morgan fingerprint density at radius 1 is 0.938 bits per heavy atom. The quantitative estimate of drug-likeness (QED) is 0.384. The minimum Gasteiger partial charge on any atom is -0.439 e. The largest absolute Gasteiger partial charge is 0.439 e. The van der Waals surface area contributed by atoms with Gasteiger partial charge < -0.3 is 9.64 Å². The minimum absolute atomic E-state index is 0.0432. The number of amides is 1. The van der Waals surface area contributed by atoms with Crippen molar-refractivity contribution in [1.29, 1.82) is 0 Å². The summed E-state index contributed by atoms with van der Waals surface area (Å²) in [6.45, 7) is 0.443. The molecule has 3 aromatic carbocycles. The lowest BCUT2D eigenvalue weighted by atomic mass is 10.1. The average molecular weight is 424 g/mol. The number of rotatable bonds is 7. The molecule has 0 spiro atoms. The summed E-state index contributed by atoms with van der Waals surface area (Å²) in [4.78, 5) is 15.4. The Hall–Kier alpha value is -3.86. The fraction of sp³-hybridized carbons (Fsp3) is 0.185. The molecule has 1 amide bonds. The topological polar surface area (TPSA) is 47.4 Å². The first-order valence-corrected chi connectivity index (χ1v) is 10.9. The van der Waals surface area contributed by atoms with E-state index in [1.807, 2.05) is 103 Å². The van der Waals surface area contributed by atoms with Crippen LogP contribution in [-0.4, -0.2) is 26.6 Å². The van der Waals surface area contributed by atoms with Crippen molar-refractivity contribution in [3.8, 4) is 22.9 Å². The van der Waals surface area contributed by atoms with E-state index in [2.05, 4.69) is 0 Å². The molecule has 160 valence electrons. The molecule has 0 radical (unpaired) electrons. The van der Waals surface area contributed by atoms with E-state index in [0.29, 0.717) is 18.0 Å². The van der Waals surface area contributed by atoms with Crippen molar-refractivity contribution < 1.29 is 9.53 Å². The lowest BCUT2D eigenvalue weighted by Crippen LogP contribution is -2.32. The van der Waals surface area contributed by atoms with Crippen molar-refractivity contribution in [3.05, 3.63) is 102 Å². The fourth-order valence-electron chi connectivity index (χ4n) is 3.92. The maximum Gasteiger partial charge on any atom is 0.254 e. The number of aryl methyl sites for hydroxylation is 1. The van der Waals surface area contributed by atoms with E-state index in [9.17, 15) is 4.79 Å². The highest BCUT2D eigenvalue weighted by Crippen LogP contribution is 2.37. The molecule has 1 saturated carbocycles. The van der Waals surface area contributed by atoms with Crippen molar-refractivity contribution in [2.45, 2.75) is 25.4 Å². The smallest absolute Gasteiger partial charge is 0.254 e. The van der Waals surface area contributed by atoms with E-state index in [1.165, 1.54) is 0 Å². The second-order valence-electron chi connectivity index (χ2n) is 8.07. The normalized spacial score (nSPS) is 13.0. The van der Waals surface area contributed by atoms with Gasteiger partial charge in [0, 0.05) is 24.2 Å². The Kier molecular flexibility index (Phi) is 5.46. The first kappa shape index (κ1) is 20.1. The summed E-state index contributed by atoms with van der Waals surface area (Å²) in [5, 5.41) is 4.80. The van der Waals surface area contributed by atoms with Crippen LogP contribution in [0.4, 0.5) is 0 Å². The molecule has 0 saturated heterocycles. The van der Waals surface area contributed by atoms with Crippen LogP contribution in [0.25, 0.3) is 11.3 Å². The summed E-state index contributed by atoms with van der Waals surface area (Å²) in [6.07, 6.45) is 2.04. The van der Waals surface area contributed by atoms with Gasteiger partial charge in [-0.2, -0.15) is 5.10 Å². The summed E-state index contributed by atoms with van der Waals surface area (Å²) < 4.78 is 8.06. The van der Waals surface area contributed by atoms with Gasteiger partial charge in [-0.15, -0.1) is 0 Å². The standard InChI is InChI=1S/C27H25N3O2/c1-29-27(32-23-15-9-4-10-16-23)24(25(28-29)20-11-5-2-6-12-20)19-30(22-17-18-22)26(31)21-13-7-3-8-14-21/h2-16,22H,17-19H2,1H3. The molecule has 32 heavy (non-hydrogen) atoms. The summed E-state index contributed by atoms with van der Waals surface area (Å²) in [7, 11) is 1.88. The molecule has 1 aromatic heterocycles. The number of hydrogen-bond acceptors (Lipinski definition) is 3. The number of ether oxygens (including phenoxy) is 1. The molecule has 0 unspecified atom stereocenters. The highest BCUT2D eigenvalue weighted by molar-refractivity contribution is 5.94. The zero-order chi connectivity index (χ0) is 21.9. The van der Waals surface area contributed by atoms with Crippen LogP contribution >= 0.6 is 0 Å². The SMILES string of the molecule is Cn1nc(-c2ccccc2)c(CN(C(=O)c2ccccc2)C2CC2)c1Oc1ccccc1. The third kappa shape index (κ3) is 4.14. The summed E-state index contributed by atoms with van der Waals surface area (Å²) >= 11 is 0. The van der Waals surface area contributed by atoms with Gasteiger partial charge in [-0.1, -0.05) is 66.7 Å². The molecule has 0 atom stereocenters. The molecule has 1 aliphatic rings. The second-order valence-corrected chi connectivity index (χ2v) is 8.07. The van der Waals surface area contributed by atoms with Crippen LogP contribution in [0.15, 0.2) is 91.0 Å². The highest BCUT2D eigenvalue weighted by Gasteiger charge is 2.35. The van der Waals surface area contributed by atoms with Crippen LogP contribution in [0.5, 0.6) is 11.6 Å². The van der Waals surface area contributed by atoms with Crippen LogP contribution in [0.2, 0.25) is 0 Å². The Morgan fingerprint density at radius 3 is 2.16 bits per heavy atom. The van der Waals surface area contributed by atoms with Gasteiger partial charge in [-0.05, 0) is 37.1 Å². The third-order valence-electron chi connectivity index (χ3n) is 5.69. The van der Waals surface area contributed by atoms with Crippen LogP contribution in [0, 0.1) is 0 Å². The van der Waals surface area contributed by atoms with Crippen molar-refractivity contribution >= 4 is 5.91 Å². The van der Waals surface area contributed by atoms with Gasteiger partial charge in [0.1, 0.15) is 11.4 Å². The van der Waals surface area contributed by atoms with Gasteiger partial charge in [0.15, 0.2) is 0 Å². The molecular formula is C27H25N3O2. The van der Waals surface area contributed by atoms with E-state index >= 15 is 0 Å². The Labute approximate surface area is 187 Å². The molecule has 5 rings (SSSR count). The molecule has 5 heteroatoms. The van der Waals surface area contributed by atoms with E-state index in [1.54, 1.807) is 4.68 Å². The van der Waals surface area contributed by atoms with Gasteiger partial charge >= 0.3 is 0 Å². The van der Waals surface area contributed by atoms with Crippen LogP contribution in [0.1, 0.15) is 28.8 Å². The van der Waals surface area contributed by atoms with Crippen molar-refractivity contribution in [2.24, 2.45) is 7.05 Å². The number of carbonyl (C=O) groups is 1. The van der Waals surface area contributed by atoms with E-state index in [-0.39, 0.29) is 11.9 Å². The summed E-state index contributed by atoms with van der Waals surface area (Å²) in [6, 6.07) is 29.5. The number of aromatic nitrogens is 2. The molecular weight excluding hydrogens is 398 g/mol. The molecule has 1 aliphatic carbocycles. The predicted molar refractivity (Wildman–Crippen MR) is 124 cm³/mol. The van der Waals surface area contributed by atoms with Crippen molar-refractivity contribution in [1.82, 2.24) is 14.7 Å². The Balaban J connectivity index is 1.56. The molecule has 1 fully saturated rings. The molecule has 0 N–H and O–H groups in total. The van der Waals surface area contributed by atoms with E-state index in [0.717, 1.165) is 35.4 Å². The van der Waals surface area contributed by atoms with Gasteiger partial charge in [0.05, 0.1) is 12.1 Å². The van der Waals surface area contributed by atoms with Gasteiger partial charge in [0.2, 0.25) is 5.88 Å². The van der Waals surface area contributed by atoms with Crippen LogP contribution < -0.4 is 4.74 Å². The molecule has 0 bridgehead atoms.